The molecule has 0 aliphatic heterocycles. The molecular weight excluding hydrogens is 358 g/mol. The molecule has 2 aromatic rings. The summed E-state index contributed by atoms with van der Waals surface area (Å²) in [6.07, 6.45) is 7.09. The Morgan fingerprint density at radius 1 is 1.30 bits per heavy atom. The van der Waals surface area contributed by atoms with Crippen LogP contribution in [0.1, 0.15) is 40.0 Å². The van der Waals surface area contributed by atoms with Gasteiger partial charge in [-0.15, -0.1) is 10.2 Å². The smallest absolute Gasteiger partial charge is 0.230 e. The van der Waals surface area contributed by atoms with Crippen LogP contribution in [0.5, 0.6) is 0 Å². The number of pyridine rings is 1. The van der Waals surface area contributed by atoms with Gasteiger partial charge in [0.15, 0.2) is 11.0 Å². The largest absolute Gasteiger partial charge is 0.352 e. The maximum atomic E-state index is 12.6. The van der Waals surface area contributed by atoms with Gasteiger partial charge in [0.05, 0.1) is 5.75 Å². The van der Waals surface area contributed by atoms with Crippen molar-refractivity contribution in [2.24, 2.45) is 23.8 Å². The maximum absolute atomic E-state index is 12.6. The molecule has 7 heteroatoms. The van der Waals surface area contributed by atoms with Gasteiger partial charge in [-0.25, -0.2) is 0 Å². The number of fused-ring (bicyclic) bond motifs is 2. The van der Waals surface area contributed by atoms with Crippen molar-refractivity contribution in [1.29, 1.82) is 0 Å². The van der Waals surface area contributed by atoms with Crippen molar-refractivity contribution < 1.29 is 4.79 Å². The van der Waals surface area contributed by atoms with Gasteiger partial charge in [0.2, 0.25) is 5.91 Å². The summed E-state index contributed by atoms with van der Waals surface area (Å²) in [6, 6.07) is 4.09. The fraction of sp³-hybridized carbons (Fsp3) is 0.600. The van der Waals surface area contributed by atoms with Crippen LogP contribution in [0.4, 0.5) is 0 Å². The quantitative estimate of drug-likeness (QED) is 0.800. The Morgan fingerprint density at radius 3 is 2.67 bits per heavy atom. The first-order valence-corrected chi connectivity index (χ1v) is 10.5. The van der Waals surface area contributed by atoms with E-state index < -0.39 is 0 Å². The average Bonchev–Trinajstić information content (AvgIpc) is 3.18. The Hall–Kier alpha value is -1.89. The van der Waals surface area contributed by atoms with Gasteiger partial charge < -0.3 is 9.88 Å². The molecule has 3 atom stereocenters. The van der Waals surface area contributed by atoms with Gasteiger partial charge in [0, 0.05) is 31.0 Å². The monoisotopic (exact) mass is 385 g/mol. The van der Waals surface area contributed by atoms with Crippen molar-refractivity contribution in [2.45, 2.75) is 51.2 Å². The highest BCUT2D eigenvalue weighted by Crippen LogP contribution is 2.65. The van der Waals surface area contributed by atoms with Crippen LogP contribution in [-0.4, -0.2) is 37.5 Å². The number of nitrogens with zero attached hydrogens (tertiary/aromatic N) is 4. The lowest BCUT2D eigenvalue weighted by Crippen LogP contribution is -2.47. The zero-order chi connectivity index (χ0) is 19.2. The van der Waals surface area contributed by atoms with Gasteiger partial charge in [-0.2, -0.15) is 0 Å². The van der Waals surface area contributed by atoms with Gasteiger partial charge in [-0.05, 0) is 48.1 Å². The molecule has 6 nitrogen and oxygen atoms in total. The summed E-state index contributed by atoms with van der Waals surface area (Å²) >= 11 is 1.43. The lowest BCUT2D eigenvalue weighted by Gasteiger charge is -2.39. The molecule has 2 saturated carbocycles. The molecule has 27 heavy (non-hydrogen) atoms. The van der Waals surface area contributed by atoms with E-state index in [9.17, 15) is 4.79 Å². The summed E-state index contributed by atoms with van der Waals surface area (Å²) in [7, 11) is 1.93. The molecule has 0 radical (unpaired) electrons. The Kier molecular flexibility index (Phi) is 4.53. The topological polar surface area (TPSA) is 72.7 Å². The molecular formula is C20H27N5OS. The molecule has 144 valence electrons. The third-order valence-corrected chi connectivity index (χ3v) is 8.26. The minimum absolute atomic E-state index is 0.0861. The number of nitrogens with one attached hydrogen (secondary N) is 1. The third-order valence-electron chi connectivity index (χ3n) is 7.24. The summed E-state index contributed by atoms with van der Waals surface area (Å²) in [5.74, 6) is 1.95. The van der Waals surface area contributed by atoms with E-state index in [0.717, 1.165) is 28.9 Å². The molecule has 1 amide bonds. The lowest BCUT2D eigenvalue weighted by molar-refractivity contribution is -0.120. The fourth-order valence-electron chi connectivity index (χ4n) is 4.98. The molecule has 0 spiro atoms. The second kappa shape index (κ2) is 6.62. The highest BCUT2D eigenvalue weighted by Gasteiger charge is 2.61. The number of hydrogen-bond donors (Lipinski definition) is 1. The minimum Gasteiger partial charge on any atom is -0.352 e. The molecule has 1 N–H and O–H groups in total. The van der Waals surface area contributed by atoms with E-state index in [0.29, 0.717) is 11.2 Å². The van der Waals surface area contributed by atoms with E-state index in [1.165, 1.54) is 24.6 Å². The van der Waals surface area contributed by atoms with E-state index >= 15 is 0 Å². The van der Waals surface area contributed by atoms with E-state index in [1.807, 2.05) is 23.7 Å². The van der Waals surface area contributed by atoms with Crippen molar-refractivity contribution in [3.05, 3.63) is 24.5 Å². The Bertz CT molecular complexity index is 849. The molecule has 2 bridgehead atoms. The van der Waals surface area contributed by atoms with E-state index in [4.69, 9.17) is 0 Å². The average molecular weight is 386 g/mol. The zero-order valence-electron chi connectivity index (χ0n) is 16.4. The molecule has 0 unspecified atom stereocenters. The van der Waals surface area contributed by atoms with Crippen molar-refractivity contribution in [3.8, 4) is 11.4 Å². The van der Waals surface area contributed by atoms with Gasteiger partial charge in [-0.3, -0.25) is 9.78 Å². The van der Waals surface area contributed by atoms with E-state index in [2.05, 4.69) is 41.3 Å². The lowest BCUT2D eigenvalue weighted by atomic mass is 9.69. The summed E-state index contributed by atoms with van der Waals surface area (Å²) < 4.78 is 1.93. The minimum atomic E-state index is 0.0861. The molecule has 0 saturated heterocycles. The summed E-state index contributed by atoms with van der Waals surface area (Å²) in [5, 5.41) is 12.6. The van der Waals surface area contributed by atoms with Gasteiger partial charge >= 0.3 is 0 Å². The number of carbonyl (C=O) groups excluding carboxylic acids is 1. The van der Waals surface area contributed by atoms with E-state index in [1.54, 1.807) is 12.4 Å². The number of amides is 1. The SMILES string of the molecule is Cn1c(SCC(=O)N[C@H]2C[C@H]3CC[C@@]2(C)C3(C)C)nnc1-c1ccncc1. The number of carbonyl (C=O) groups is 1. The number of aromatic nitrogens is 4. The molecule has 2 fully saturated rings. The van der Waals surface area contributed by atoms with Crippen molar-refractivity contribution in [3.63, 3.8) is 0 Å². The molecule has 0 aromatic carbocycles. The van der Waals surface area contributed by atoms with Crippen LogP contribution in [0.3, 0.4) is 0 Å². The van der Waals surface area contributed by atoms with Crippen LogP contribution in [0, 0.1) is 16.7 Å². The number of hydrogen-bond acceptors (Lipinski definition) is 5. The second-order valence-electron chi connectivity index (χ2n) is 8.62. The predicted octanol–water partition coefficient (Wildman–Crippen LogP) is 3.30. The highest BCUT2D eigenvalue weighted by atomic mass is 32.2. The second-order valence-corrected chi connectivity index (χ2v) is 9.56. The number of thioether (sulfide) groups is 1. The molecule has 2 aliphatic rings. The van der Waals surface area contributed by atoms with Crippen LogP contribution in [0.2, 0.25) is 0 Å². The molecule has 4 rings (SSSR count). The first-order chi connectivity index (χ1) is 12.8. The zero-order valence-corrected chi connectivity index (χ0v) is 17.2. The van der Waals surface area contributed by atoms with Crippen LogP contribution in [0.25, 0.3) is 11.4 Å². The van der Waals surface area contributed by atoms with Gasteiger partial charge in [0.1, 0.15) is 0 Å². The summed E-state index contributed by atoms with van der Waals surface area (Å²) in [6.45, 7) is 7.08. The summed E-state index contributed by atoms with van der Waals surface area (Å²) in [4.78, 5) is 16.6. The number of rotatable bonds is 5. The van der Waals surface area contributed by atoms with Crippen molar-refractivity contribution in [1.82, 2.24) is 25.1 Å². The van der Waals surface area contributed by atoms with Crippen molar-refractivity contribution >= 4 is 17.7 Å². The predicted molar refractivity (Wildman–Crippen MR) is 106 cm³/mol. The standard InChI is InChI=1S/C20H27N5OS/c1-19(2)14-5-8-20(19,3)15(11-14)22-16(26)12-27-18-24-23-17(25(18)4)13-6-9-21-10-7-13/h6-7,9-10,14-15H,5,8,11-12H2,1-4H3,(H,22,26)/t14-,15+,20-/m1/s1. The van der Waals surface area contributed by atoms with Crippen LogP contribution in [-0.2, 0) is 11.8 Å². The van der Waals surface area contributed by atoms with Crippen LogP contribution in [0.15, 0.2) is 29.7 Å². The molecule has 2 aromatic heterocycles. The van der Waals surface area contributed by atoms with Crippen LogP contribution < -0.4 is 5.32 Å². The summed E-state index contributed by atoms with van der Waals surface area (Å²) in [5.41, 5.74) is 1.48. The molecule has 2 aliphatic carbocycles. The normalized spacial score (nSPS) is 28.4. The van der Waals surface area contributed by atoms with E-state index in [-0.39, 0.29) is 17.4 Å². The first-order valence-electron chi connectivity index (χ1n) is 9.55. The van der Waals surface area contributed by atoms with Gasteiger partial charge in [0.25, 0.3) is 0 Å². The molecule has 2 heterocycles. The maximum Gasteiger partial charge on any atom is 0.230 e. The van der Waals surface area contributed by atoms with Gasteiger partial charge in [-0.1, -0.05) is 32.5 Å². The Morgan fingerprint density at radius 2 is 2.04 bits per heavy atom. The first kappa shape index (κ1) is 18.5. The highest BCUT2D eigenvalue weighted by molar-refractivity contribution is 7.99. The Balaban J connectivity index is 1.38. The third kappa shape index (κ3) is 2.96. The fourth-order valence-corrected chi connectivity index (χ4v) is 5.70. The van der Waals surface area contributed by atoms with Crippen LogP contribution >= 0.6 is 11.8 Å². The Labute approximate surface area is 164 Å². The van der Waals surface area contributed by atoms with Crippen molar-refractivity contribution in [2.75, 3.05) is 5.75 Å².